The monoisotopic (exact) mass is 508 g/mol. The number of thiazole rings is 1. The van der Waals surface area contributed by atoms with Gasteiger partial charge in [-0.1, -0.05) is 29.5 Å². The molecule has 1 aliphatic rings. The minimum Gasteiger partial charge on any atom is -0.494 e. The summed E-state index contributed by atoms with van der Waals surface area (Å²) in [7, 11) is 0. The highest BCUT2D eigenvalue weighted by Crippen LogP contribution is 2.25. The minimum atomic E-state index is -1.01. The number of nitrogens with one attached hydrogen (secondary N) is 3. The number of aliphatic hydroxyl groups is 1. The molecule has 0 amide bonds. The first-order chi connectivity index (χ1) is 17.4. The second kappa shape index (κ2) is 10.6. The summed E-state index contributed by atoms with van der Waals surface area (Å²) >= 11 is 1.03. The lowest BCUT2D eigenvalue weighted by Gasteiger charge is -2.34. The van der Waals surface area contributed by atoms with Gasteiger partial charge in [-0.15, -0.1) is 0 Å². The van der Waals surface area contributed by atoms with Gasteiger partial charge in [0.05, 0.1) is 16.9 Å². The van der Waals surface area contributed by atoms with E-state index >= 15 is 0 Å². The zero-order valence-corrected chi connectivity index (χ0v) is 20.4. The maximum atomic E-state index is 11.5. The third-order valence-corrected chi connectivity index (χ3v) is 7.30. The molecule has 1 fully saturated rings. The highest BCUT2D eigenvalue weighted by Gasteiger charge is 2.20. The number of piperidine rings is 1. The molecule has 5 N–H and O–H groups in total. The average Bonchev–Trinajstić information content (AvgIpc) is 3.19. The molecule has 5 rings (SSSR count). The van der Waals surface area contributed by atoms with Gasteiger partial charge in [0.15, 0.2) is 0 Å². The topological polar surface area (TPSA) is 131 Å². The number of pyridine rings is 1. The Morgan fingerprint density at radius 1 is 1.06 bits per heavy atom. The predicted octanol–water partition coefficient (Wildman–Crippen LogP) is 2.53. The van der Waals surface area contributed by atoms with Crippen LogP contribution in [0.1, 0.15) is 23.3 Å². The van der Waals surface area contributed by atoms with Crippen molar-refractivity contribution in [2.75, 3.05) is 24.5 Å². The Labute approximate surface area is 211 Å². The number of fused-ring (bicyclic) bond motifs is 1. The van der Waals surface area contributed by atoms with E-state index < -0.39 is 6.29 Å². The second-order valence-corrected chi connectivity index (χ2v) is 9.98. The van der Waals surface area contributed by atoms with Crippen molar-refractivity contribution in [3.63, 3.8) is 0 Å². The van der Waals surface area contributed by atoms with Crippen LogP contribution >= 0.6 is 11.3 Å². The fourth-order valence-corrected chi connectivity index (χ4v) is 5.30. The summed E-state index contributed by atoms with van der Waals surface area (Å²) in [5, 5.41) is 24.4. The quantitative estimate of drug-likeness (QED) is 0.231. The number of hydrogen-bond acceptors (Lipinski definition) is 8. The molecule has 2 aromatic carbocycles. The van der Waals surface area contributed by atoms with E-state index in [2.05, 4.69) is 32.3 Å². The minimum absolute atomic E-state index is 0.0485. The van der Waals surface area contributed by atoms with E-state index in [0.29, 0.717) is 29.1 Å². The third-order valence-electron chi connectivity index (χ3n) is 6.43. The van der Waals surface area contributed by atoms with Crippen molar-refractivity contribution in [1.29, 1.82) is 0 Å². The molecule has 9 nitrogen and oxygen atoms in total. The van der Waals surface area contributed by atoms with Crippen LogP contribution in [0, 0.1) is 0 Å². The maximum Gasteiger partial charge on any atom is 0.307 e. The van der Waals surface area contributed by atoms with E-state index in [9.17, 15) is 19.8 Å². The maximum absolute atomic E-state index is 11.5. The SMILES string of the molecule is O=c1ccc2c(O[C@@H](O)CNC3CCN(c4ccc(Cc5sc(=O)[nH]c5O)cc4)CC3)cccc2[nH]1. The van der Waals surface area contributed by atoms with Gasteiger partial charge < -0.3 is 30.2 Å². The molecule has 0 spiro atoms. The lowest BCUT2D eigenvalue weighted by molar-refractivity contribution is -0.0164. The van der Waals surface area contributed by atoms with Gasteiger partial charge in [0.25, 0.3) is 0 Å². The molecule has 1 aliphatic heterocycles. The lowest BCUT2D eigenvalue weighted by Crippen LogP contribution is -2.45. The van der Waals surface area contributed by atoms with Crippen LogP contribution in [-0.2, 0) is 6.42 Å². The number of H-pyrrole nitrogens is 2. The normalized spacial score (nSPS) is 15.3. The smallest absolute Gasteiger partial charge is 0.307 e. The largest absolute Gasteiger partial charge is 0.494 e. The Morgan fingerprint density at radius 2 is 1.83 bits per heavy atom. The molecule has 10 heteroatoms. The van der Waals surface area contributed by atoms with Crippen molar-refractivity contribution in [2.45, 2.75) is 31.6 Å². The summed E-state index contributed by atoms with van der Waals surface area (Å²) in [6.07, 6.45) is 1.39. The molecular weight excluding hydrogens is 480 g/mol. The number of aliphatic hydroxyl groups excluding tert-OH is 1. The zero-order valence-electron chi connectivity index (χ0n) is 19.6. The van der Waals surface area contributed by atoms with Crippen LogP contribution in [0.3, 0.4) is 0 Å². The summed E-state index contributed by atoms with van der Waals surface area (Å²) in [6.45, 7) is 2.09. The molecule has 4 aromatic rings. The fourth-order valence-electron chi connectivity index (χ4n) is 4.54. The van der Waals surface area contributed by atoms with Gasteiger partial charge in [-0.2, -0.15) is 0 Å². The molecule has 36 heavy (non-hydrogen) atoms. The molecule has 1 saturated heterocycles. The highest BCUT2D eigenvalue weighted by atomic mass is 32.1. The van der Waals surface area contributed by atoms with E-state index in [4.69, 9.17) is 4.74 Å². The van der Waals surface area contributed by atoms with Crippen LogP contribution in [0.25, 0.3) is 10.9 Å². The van der Waals surface area contributed by atoms with Crippen LogP contribution in [-0.4, -0.2) is 52.1 Å². The molecule has 0 aliphatic carbocycles. The Morgan fingerprint density at radius 3 is 2.56 bits per heavy atom. The molecule has 0 saturated carbocycles. The molecule has 2 aromatic heterocycles. The van der Waals surface area contributed by atoms with Crippen LogP contribution in [0.5, 0.6) is 11.6 Å². The van der Waals surface area contributed by atoms with Crippen molar-refractivity contribution >= 4 is 27.9 Å². The molecular formula is C26H28N4O5S. The highest BCUT2D eigenvalue weighted by molar-refractivity contribution is 7.09. The molecule has 1 atom stereocenters. The van der Waals surface area contributed by atoms with Gasteiger partial charge >= 0.3 is 4.87 Å². The number of benzene rings is 2. The first kappa shape index (κ1) is 24.1. The first-order valence-corrected chi connectivity index (χ1v) is 12.7. The number of hydrogen-bond donors (Lipinski definition) is 5. The number of rotatable bonds is 8. The van der Waals surface area contributed by atoms with Crippen LogP contribution in [0.15, 0.2) is 64.2 Å². The number of ether oxygens (including phenoxy) is 1. The average molecular weight is 509 g/mol. The van der Waals surface area contributed by atoms with Gasteiger partial charge in [0.1, 0.15) is 5.75 Å². The summed E-state index contributed by atoms with van der Waals surface area (Å²) < 4.78 is 5.74. The first-order valence-electron chi connectivity index (χ1n) is 11.9. The van der Waals surface area contributed by atoms with Crippen LogP contribution in [0.4, 0.5) is 5.69 Å². The predicted molar refractivity (Wildman–Crippen MR) is 140 cm³/mol. The van der Waals surface area contributed by atoms with E-state index in [1.165, 1.54) is 6.07 Å². The van der Waals surface area contributed by atoms with Crippen LogP contribution < -0.4 is 25.4 Å². The Hall–Kier alpha value is -3.60. The number of aromatic amines is 2. The number of nitrogens with zero attached hydrogens (tertiary/aromatic N) is 1. The van der Waals surface area contributed by atoms with Crippen LogP contribution in [0.2, 0.25) is 0 Å². The second-order valence-electron chi connectivity index (χ2n) is 8.91. The standard InChI is InChI=1S/C26H28N4O5S/c31-23-9-8-19-20(28-23)2-1-3-21(19)35-24(32)15-27-17-10-12-30(13-11-17)18-6-4-16(5-7-18)14-22-25(33)29-26(34)36-22/h1-9,17,24,27,32-33H,10-15H2,(H,28,31)(H,29,34)/t24-/m1/s1. The molecule has 0 bridgehead atoms. The Bertz CT molecular complexity index is 1440. The lowest BCUT2D eigenvalue weighted by atomic mass is 10.0. The van der Waals surface area contributed by atoms with Gasteiger partial charge in [0, 0.05) is 42.7 Å². The summed E-state index contributed by atoms with van der Waals surface area (Å²) in [5.41, 5.74) is 2.66. The number of anilines is 1. The molecule has 188 valence electrons. The van der Waals surface area contributed by atoms with Crippen molar-refractivity contribution in [1.82, 2.24) is 15.3 Å². The van der Waals surface area contributed by atoms with Gasteiger partial charge in [0.2, 0.25) is 17.7 Å². The Balaban J connectivity index is 1.09. The van der Waals surface area contributed by atoms with Gasteiger partial charge in [-0.25, -0.2) is 0 Å². The fraction of sp³-hybridized carbons (Fsp3) is 0.308. The summed E-state index contributed by atoms with van der Waals surface area (Å²) in [5.74, 6) is 0.477. The molecule has 0 unspecified atom stereocenters. The summed E-state index contributed by atoms with van der Waals surface area (Å²) in [4.78, 5) is 30.8. The molecule has 3 heterocycles. The zero-order chi connectivity index (χ0) is 25.1. The molecule has 0 radical (unpaired) electrons. The van der Waals surface area contributed by atoms with Crippen molar-refractivity contribution in [2.24, 2.45) is 0 Å². The summed E-state index contributed by atoms with van der Waals surface area (Å²) in [6, 6.07) is 17.0. The van der Waals surface area contributed by atoms with E-state index in [1.54, 1.807) is 24.3 Å². The van der Waals surface area contributed by atoms with Crippen molar-refractivity contribution in [3.8, 4) is 11.6 Å². The Kier molecular flexibility index (Phi) is 7.08. The van der Waals surface area contributed by atoms with Gasteiger partial charge in [-0.3, -0.25) is 14.6 Å². The number of aromatic nitrogens is 2. The van der Waals surface area contributed by atoms with E-state index in [-0.39, 0.29) is 22.4 Å². The van der Waals surface area contributed by atoms with E-state index in [1.807, 2.05) is 12.1 Å². The van der Waals surface area contributed by atoms with Crippen molar-refractivity contribution < 1.29 is 14.9 Å². The number of aromatic hydroxyl groups is 1. The van der Waals surface area contributed by atoms with E-state index in [0.717, 1.165) is 53.9 Å². The van der Waals surface area contributed by atoms with Gasteiger partial charge in [-0.05, 0) is 48.7 Å². The third kappa shape index (κ3) is 5.62. The van der Waals surface area contributed by atoms with Crippen molar-refractivity contribution in [3.05, 3.63) is 85.1 Å².